The van der Waals surface area contributed by atoms with Crippen LogP contribution >= 0.6 is 0 Å². The third kappa shape index (κ3) is 3.12. The molecule has 1 aromatic heterocycles. The minimum absolute atomic E-state index is 0.494. The van der Waals surface area contributed by atoms with E-state index in [0.717, 1.165) is 40.9 Å². The van der Waals surface area contributed by atoms with Gasteiger partial charge >= 0.3 is 0 Å². The molecule has 3 aliphatic carbocycles. The van der Waals surface area contributed by atoms with Crippen molar-refractivity contribution in [2.24, 2.45) is 0 Å². The molecule has 41 heavy (non-hydrogen) atoms. The molecule has 200 valence electrons. The Morgan fingerprint density at radius 1 is 0.854 bits per heavy atom. The van der Waals surface area contributed by atoms with Crippen molar-refractivity contribution >= 4 is 16.8 Å². The predicted octanol–water partition coefficient (Wildman–Crippen LogP) is 8.72. The quantitative estimate of drug-likeness (QED) is 0.232. The Bertz CT molecular complexity index is 1850. The molecule has 2 heterocycles. The Hall–Kier alpha value is -4.37. The van der Waals surface area contributed by atoms with Crippen LogP contribution in [0.2, 0.25) is 0 Å². The molecular weight excluding hydrogens is 502 g/mol. The zero-order valence-corrected chi connectivity index (χ0v) is 23.2. The third-order valence-corrected chi connectivity index (χ3v) is 10.1. The fourth-order valence-corrected chi connectivity index (χ4v) is 8.40. The van der Waals surface area contributed by atoms with E-state index in [1.807, 2.05) is 0 Å². The lowest BCUT2D eigenvalue weighted by molar-refractivity contribution is 0.163. The number of nitrogens with zero attached hydrogens (tertiary/aromatic N) is 1. The molecule has 1 fully saturated rings. The van der Waals surface area contributed by atoms with Crippen LogP contribution in [-0.2, 0) is 18.4 Å². The van der Waals surface area contributed by atoms with Gasteiger partial charge in [-0.15, -0.1) is 0 Å². The summed E-state index contributed by atoms with van der Waals surface area (Å²) in [7, 11) is 1.77. The highest BCUT2D eigenvalue weighted by Gasteiger charge is 2.45. The van der Waals surface area contributed by atoms with Crippen LogP contribution in [0, 0.1) is 0 Å². The van der Waals surface area contributed by atoms with Crippen molar-refractivity contribution < 1.29 is 9.47 Å². The van der Waals surface area contributed by atoms with Crippen LogP contribution in [0.3, 0.4) is 0 Å². The van der Waals surface area contributed by atoms with Crippen molar-refractivity contribution in [3.8, 4) is 22.6 Å². The van der Waals surface area contributed by atoms with Crippen LogP contribution in [-0.4, -0.2) is 12.1 Å². The summed E-state index contributed by atoms with van der Waals surface area (Å²) in [5.41, 5.74) is 11.2. The van der Waals surface area contributed by atoms with Gasteiger partial charge in [0.2, 0.25) is 0 Å². The van der Waals surface area contributed by atoms with Gasteiger partial charge in [0.1, 0.15) is 11.5 Å². The molecule has 5 aromatic rings. The summed E-state index contributed by atoms with van der Waals surface area (Å²) in [6, 6.07) is 28.1. The lowest BCUT2D eigenvalue weighted by Gasteiger charge is -2.40. The standard InChI is InChI=1S/C38H31NO2/c1-40-26-21-23-15-16-32-35-29(18-20-39-32)27-13-8-14-28(27)34-30-17-19-38(24-9-4-2-5-10-24,25-11-6-3-7-12-25)41-37(30)31(22-26)33(23)36(34)35/h2-7,9-12,17-22,27-28H,8,13-16H2,1H3. The first-order chi connectivity index (χ1) is 20.3. The Balaban J connectivity index is 1.42. The van der Waals surface area contributed by atoms with Crippen LogP contribution in [0.25, 0.3) is 28.0 Å². The zero-order chi connectivity index (χ0) is 27.1. The van der Waals surface area contributed by atoms with Crippen LogP contribution in [0.1, 0.15) is 70.2 Å². The predicted molar refractivity (Wildman–Crippen MR) is 164 cm³/mol. The number of hydrogen-bond donors (Lipinski definition) is 0. The lowest BCUT2D eigenvalue weighted by Crippen LogP contribution is -2.35. The molecule has 0 radical (unpaired) electrons. The van der Waals surface area contributed by atoms with Crippen molar-refractivity contribution in [2.75, 3.05) is 7.11 Å². The summed E-state index contributed by atoms with van der Waals surface area (Å²) in [6.07, 6.45) is 12.3. The van der Waals surface area contributed by atoms with Crippen LogP contribution < -0.4 is 9.47 Å². The Morgan fingerprint density at radius 3 is 2.37 bits per heavy atom. The van der Waals surface area contributed by atoms with Gasteiger partial charge in [0, 0.05) is 39.5 Å². The molecule has 2 unspecified atom stereocenters. The molecule has 1 aliphatic heterocycles. The SMILES string of the molecule is COc1cc2c3c4c(c5c(c3c1)OC(c1ccccc1)(c1ccccc1)C=C5)C1CCCC1c1ccnc(c1-4)CC2. The van der Waals surface area contributed by atoms with Crippen molar-refractivity contribution in [3.63, 3.8) is 0 Å². The number of methoxy groups -OCH3 is 1. The van der Waals surface area contributed by atoms with E-state index in [2.05, 4.69) is 97.2 Å². The van der Waals surface area contributed by atoms with Crippen molar-refractivity contribution in [3.05, 3.63) is 130 Å². The average Bonchev–Trinajstić information content (AvgIpc) is 3.47. The number of benzene rings is 4. The van der Waals surface area contributed by atoms with E-state index < -0.39 is 5.60 Å². The number of aryl methyl sites for hydroxylation is 2. The van der Waals surface area contributed by atoms with E-state index in [4.69, 9.17) is 14.5 Å². The minimum atomic E-state index is -0.728. The second-order valence-electron chi connectivity index (χ2n) is 12.0. The van der Waals surface area contributed by atoms with Crippen LogP contribution in [0.5, 0.6) is 11.5 Å². The highest BCUT2D eigenvalue weighted by Crippen LogP contribution is 2.62. The van der Waals surface area contributed by atoms with E-state index in [1.165, 1.54) is 63.7 Å². The highest BCUT2D eigenvalue weighted by atomic mass is 16.5. The first-order valence-electron chi connectivity index (χ1n) is 14.9. The Morgan fingerprint density at radius 2 is 1.61 bits per heavy atom. The summed E-state index contributed by atoms with van der Waals surface area (Å²) in [4.78, 5) is 4.98. The molecular formula is C38H31NO2. The molecule has 4 aromatic carbocycles. The van der Waals surface area contributed by atoms with E-state index >= 15 is 0 Å². The summed E-state index contributed by atoms with van der Waals surface area (Å²) in [5, 5.41) is 2.48. The summed E-state index contributed by atoms with van der Waals surface area (Å²) in [6.45, 7) is 0. The summed E-state index contributed by atoms with van der Waals surface area (Å²) < 4.78 is 13.4. The van der Waals surface area contributed by atoms with E-state index in [9.17, 15) is 0 Å². The minimum Gasteiger partial charge on any atom is -0.497 e. The van der Waals surface area contributed by atoms with Gasteiger partial charge in [0.25, 0.3) is 0 Å². The van der Waals surface area contributed by atoms with Gasteiger partial charge in [-0.3, -0.25) is 4.98 Å². The van der Waals surface area contributed by atoms with Crippen molar-refractivity contribution in [2.45, 2.75) is 49.5 Å². The summed E-state index contributed by atoms with van der Waals surface area (Å²) in [5.74, 6) is 2.90. The first kappa shape index (κ1) is 23.3. The van der Waals surface area contributed by atoms with Crippen molar-refractivity contribution in [1.29, 1.82) is 0 Å². The lowest BCUT2D eigenvalue weighted by atomic mass is 9.69. The molecule has 3 nitrogen and oxygen atoms in total. The maximum Gasteiger partial charge on any atom is 0.178 e. The monoisotopic (exact) mass is 533 g/mol. The van der Waals surface area contributed by atoms with E-state index in [0.29, 0.717) is 11.8 Å². The summed E-state index contributed by atoms with van der Waals surface area (Å²) >= 11 is 0. The number of ether oxygens (including phenoxy) is 2. The second-order valence-corrected chi connectivity index (χ2v) is 12.0. The van der Waals surface area contributed by atoms with Crippen LogP contribution in [0.4, 0.5) is 0 Å². The Kier molecular flexibility index (Phi) is 4.88. The van der Waals surface area contributed by atoms with E-state index in [1.54, 1.807) is 7.11 Å². The normalized spacial score (nSPS) is 20.6. The topological polar surface area (TPSA) is 31.4 Å². The number of fused-ring (bicyclic) bond motifs is 6. The largest absolute Gasteiger partial charge is 0.497 e. The maximum atomic E-state index is 7.47. The van der Waals surface area contributed by atoms with Gasteiger partial charge in [-0.1, -0.05) is 73.2 Å². The molecule has 1 saturated carbocycles. The molecule has 9 rings (SSSR count). The molecule has 0 amide bonds. The average molecular weight is 534 g/mol. The molecule has 0 N–H and O–H groups in total. The molecule has 0 saturated heterocycles. The number of aromatic nitrogens is 1. The number of pyridine rings is 1. The van der Waals surface area contributed by atoms with Gasteiger partial charge in [-0.25, -0.2) is 0 Å². The van der Waals surface area contributed by atoms with Gasteiger partial charge < -0.3 is 9.47 Å². The van der Waals surface area contributed by atoms with Gasteiger partial charge in [0.15, 0.2) is 5.60 Å². The molecule has 2 atom stereocenters. The number of rotatable bonds is 3. The van der Waals surface area contributed by atoms with Gasteiger partial charge in [0.05, 0.1) is 7.11 Å². The zero-order valence-electron chi connectivity index (χ0n) is 23.2. The first-order valence-corrected chi connectivity index (χ1v) is 14.9. The molecule has 4 aliphatic rings. The smallest absolute Gasteiger partial charge is 0.178 e. The second kappa shape index (κ2) is 8.57. The fraction of sp³-hybridized carbons (Fsp3) is 0.237. The van der Waals surface area contributed by atoms with Crippen molar-refractivity contribution in [1.82, 2.24) is 4.98 Å². The fourth-order valence-electron chi connectivity index (χ4n) is 8.40. The molecule has 3 heteroatoms. The van der Waals surface area contributed by atoms with Gasteiger partial charge in [-0.2, -0.15) is 0 Å². The third-order valence-electron chi connectivity index (χ3n) is 10.1. The Labute approximate surface area is 240 Å². The number of hydrogen-bond acceptors (Lipinski definition) is 3. The van der Waals surface area contributed by atoms with Crippen LogP contribution in [0.15, 0.2) is 91.1 Å². The highest BCUT2D eigenvalue weighted by molar-refractivity contribution is 6.09. The molecule has 0 bridgehead atoms. The maximum absolute atomic E-state index is 7.47. The van der Waals surface area contributed by atoms with E-state index in [-0.39, 0.29) is 0 Å². The molecule has 0 spiro atoms. The van der Waals surface area contributed by atoms with Gasteiger partial charge in [-0.05, 0) is 89.4 Å².